The molecule has 1 aliphatic rings. The minimum absolute atomic E-state index is 0.00108. The van der Waals surface area contributed by atoms with E-state index in [4.69, 9.17) is 4.74 Å². The van der Waals surface area contributed by atoms with Gasteiger partial charge in [-0.15, -0.1) is 0 Å². The van der Waals surface area contributed by atoms with Crippen LogP contribution in [0, 0.1) is 0 Å². The lowest BCUT2D eigenvalue weighted by Crippen LogP contribution is -2.03. The van der Waals surface area contributed by atoms with Crippen LogP contribution in [-0.2, 0) is 11.2 Å². The predicted octanol–water partition coefficient (Wildman–Crippen LogP) is 2.31. The minimum Gasteiger partial charge on any atom is -0.438 e. The fourth-order valence-corrected chi connectivity index (χ4v) is 2.33. The van der Waals surface area contributed by atoms with Crippen molar-refractivity contribution < 1.29 is 9.53 Å². The summed E-state index contributed by atoms with van der Waals surface area (Å²) in [6, 6.07) is 9.14. The van der Waals surface area contributed by atoms with Gasteiger partial charge in [-0.1, -0.05) is 0 Å². The third-order valence-electron chi connectivity index (χ3n) is 3.29. The van der Waals surface area contributed by atoms with E-state index in [2.05, 4.69) is 20.3 Å². The molecule has 21 heavy (non-hydrogen) atoms. The topological polar surface area (TPSA) is 77.0 Å². The van der Waals surface area contributed by atoms with E-state index < -0.39 is 0 Å². The highest BCUT2D eigenvalue weighted by atomic mass is 16.5. The Hall–Kier alpha value is -3.02. The van der Waals surface area contributed by atoms with Gasteiger partial charge in [-0.3, -0.25) is 4.79 Å². The van der Waals surface area contributed by atoms with E-state index in [0.29, 0.717) is 23.7 Å². The van der Waals surface area contributed by atoms with Crippen LogP contribution in [0.3, 0.4) is 0 Å². The van der Waals surface area contributed by atoms with Crippen molar-refractivity contribution in [3.05, 3.63) is 48.4 Å². The number of fused-ring (bicyclic) bond motifs is 2. The molecule has 0 aliphatic carbocycles. The third-order valence-corrected chi connectivity index (χ3v) is 3.29. The molecule has 4 rings (SSSR count). The summed E-state index contributed by atoms with van der Waals surface area (Å²) in [6.45, 7) is 0. The van der Waals surface area contributed by atoms with Crippen molar-refractivity contribution in [2.75, 3.05) is 5.32 Å². The van der Waals surface area contributed by atoms with Gasteiger partial charge in [-0.2, -0.15) is 0 Å². The Balaban J connectivity index is 1.72. The number of rotatable bonds is 2. The van der Waals surface area contributed by atoms with Gasteiger partial charge in [0, 0.05) is 11.9 Å². The Morgan fingerprint density at radius 2 is 2.10 bits per heavy atom. The molecule has 6 nitrogen and oxygen atoms in total. The molecule has 0 radical (unpaired) electrons. The number of carbonyl (C=O) groups excluding carboxylic acids is 1. The van der Waals surface area contributed by atoms with Crippen LogP contribution in [-0.4, -0.2) is 20.9 Å². The zero-order chi connectivity index (χ0) is 14.2. The van der Waals surface area contributed by atoms with E-state index in [1.165, 1.54) is 6.33 Å². The molecule has 1 aromatic carbocycles. The summed E-state index contributed by atoms with van der Waals surface area (Å²) >= 11 is 0. The number of anilines is 1. The normalized spacial score (nSPS) is 13.0. The summed E-state index contributed by atoms with van der Waals surface area (Å²) < 4.78 is 5.82. The third kappa shape index (κ3) is 2.06. The quantitative estimate of drug-likeness (QED) is 0.778. The van der Waals surface area contributed by atoms with Crippen LogP contribution < -0.4 is 10.1 Å². The second-order valence-corrected chi connectivity index (χ2v) is 4.70. The van der Waals surface area contributed by atoms with Gasteiger partial charge >= 0.3 is 0 Å². The fourth-order valence-electron chi connectivity index (χ4n) is 2.33. The molecule has 0 bridgehead atoms. The maximum atomic E-state index is 11.4. The first kappa shape index (κ1) is 11.8. The molecule has 102 valence electrons. The first-order chi connectivity index (χ1) is 10.3. The zero-order valence-electron chi connectivity index (χ0n) is 10.9. The van der Waals surface area contributed by atoms with Gasteiger partial charge in [-0.05, 0) is 35.9 Å². The Morgan fingerprint density at radius 1 is 1.14 bits per heavy atom. The van der Waals surface area contributed by atoms with Gasteiger partial charge in [0.05, 0.1) is 11.8 Å². The van der Waals surface area contributed by atoms with Crippen LogP contribution in [0.2, 0.25) is 0 Å². The smallest absolute Gasteiger partial charge is 0.231 e. The number of benzene rings is 1. The Kier molecular flexibility index (Phi) is 2.53. The van der Waals surface area contributed by atoms with Crippen LogP contribution in [0.5, 0.6) is 11.6 Å². The number of nitrogens with zero attached hydrogens (tertiary/aromatic N) is 3. The number of amides is 1. The van der Waals surface area contributed by atoms with Gasteiger partial charge < -0.3 is 10.1 Å². The molecule has 0 unspecified atom stereocenters. The SMILES string of the molecule is O=C1Cc2cc(Oc3ncnc4ncccc34)ccc2N1. The molecule has 2 aromatic heterocycles. The lowest BCUT2D eigenvalue weighted by atomic mass is 10.1. The average molecular weight is 278 g/mol. The largest absolute Gasteiger partial charge is 0.438 e. The Labute approximate surface area is 119 Å². The summed E-state index contributed by atoms with van der Waals surface area (Å²) in [6.07, 6.45) is 3.47. The highest BCUT2D eigenvalue weighted by molar-refractivity contribution is 5.99. The molecule has 0 saturated heterocycles. The summed E-state index contributed by atoms with van der Waals surface area (Å²) in [5, 5.41) is 3.53. The van der Waals surface area contributed by atoms with Gasteiger partial charge in [0.2, 0.25) is 11.8 Å². The molecule has 3 heterocycles. The Morgan fingerprint density at radius 3 is 3.05 bits per heavy atom. The first-order valence-corrected chi connectivity index (χ1v) is 6.46. The van der Waals surface area contributed by atoms with Crippen molar-refractivity contribution >= 4 is 22.6 Å². The van der Waals surface area contributed by atoms with E-state index in [0.717, 1.165) is 16.6 Å². The molecule has 6 heteroatoms. The van der Waals surface area contributed by atoms with Crippen molar-refractivity contribution in [3.63, 3.8) is 0 Å². The second-order valence-electron chi connectivity index (χ2n) is 4.70. The van der Waals surface area contributed by atoms with Gasteiger partial charge in [-0.25, -0.2) is 15.0 Å². The summed E-state index contributed by atoms with van der Waals surface area (Å²) in [5.74, 6) is 1.08. The van der Waals surface area contributed by atoms with Crippen molar-refractivity contribution in [2.45, 2.75) is 6.42 Å². The van der Waals surface area contributed by atoms with Crippen molar-refractivity contribution in [3.8, 4) is 11.6 Å². The molecule has 3 aromatic rings. The predicted molar refractivity (Wildman–Crippen MR) is 76.2 cm³/mol. The highest BCUT2D eigenvalue weighted by Gasteiger charge is 2.18. The van der Waals surface area contributed by atoms with Gasteiger partial charge in [0.1, 0.15) is 12.1 Å². The summed E-state index contributed by atoms with van der Waals surface area (Å²) in [5.41, 5.74) is 2.34. The lowest BCUT2D eigenvalue weighted by molar-refractivity contribution is -0.115. The number of aromatic nitrogens is 3. The molecular weight excluding hydrogens is 268 g/mol. The molecule has 0 fully saturated rings. The van der Waals surface area contributed by atoms with Gasteiger partial charge in [0.15, 0.2) is 5.65 Å². The van der Waals surface area contributed by atoms with E-state index in [1.54, 1.807) is 12.3 Å². The van der Waals surface area contributed by atoms with Crippen LogP contribution in [0.4, 0.5) is 5.69 Å². The fraction of sp³-hybridized carbons (Fsp3) is 0.0667. The van der Waals surface area contributed by atoms with Gasteiger partial charge in [0.25, 0.3) is 0 Å². The standard InChI is InChI=1S/C15H10N4O2/c20-13-7-9-6-10(3-4-12(9)19-13)21-15-11-2-1-5-16-14(11)17-8-18-15/h1-6,8H,7H2,(H,19,20). The minimum atomic E-state index is -0.00108. The van der Waals surface area contributed by atoms with E-state index in [-0.39, 0.29) is 5.91 Å². The van der Waals surface area contributed by atoms with Crippen LogP contribution in [0.1, 0.15) is 5.56 Å². The first-order valence-electron chi connectivity index (χ1n) is 6.46. The number of pyridine rings is 1. The molecular formula is C15H10N4O2. The highest BCUT2D eigenvalue weighted by Crippen LogP contribution is 2.31. The number of ether oxygens (including phenoxy) is 1. The van der Waals surface area contributed by atoms with Crippen molar-refractivity contribution in [2.24, 2.45) is 0 Å². The van der Waals surface area contributed by atoms with Crippen LogP contribution in [0.25, 0.3) is 11.0 Å². The average Bonchev–Trinajstić information content (AvgIpc) is 2.87. The van der Waals surface area contributed by atoms with Crippen LogP contribution >= 0.6 is 0 Å². The zero-order valence-corrected chi connectivity index (χ0v) is 10.9. The van der Waals surface area contributed by atoms with E-state index in [9.17, 15) is 4.79 Å². The van der Waals surface area contributed by atoms with E-state index >= 15 is 0 Å². The maximum absolute atomic E-state index is 11.4. The lowest BCUT2D eigenvalue weighted by Gasteiger charge is -2.08. The summed E-state index contributed by atoms with van der Waals surface area (Å²) in [4.78, 5) is 23.8. The van der Waals surface area contributed by atoms with Crippen LogP contribution in [0.15, 0.2) is 42.9 Å². The molecule has 0 spiro atoms. The Bertz CT molecular complexity index is 858. The maximum Gasteiger partial charge on any atom is 0.231 e. The number of hydrogen-bond donors (Lipinski definition) is 1. The molecule has 1 amide bonds. The monoisotopic (exact) mass is 278 g/mol. The molecule has 0 saturated carbocycles. The number of carbonyl (C=O) groups is 1. The molecule has 1 aliphatic heterocycles. The number of hydrogen-bond acceptors (Lipinski definition) is 5. The van der Waals surface area contributed by atoms with E-state index in [1.807, 2.05) is 24.3 Å². The molecule has 0 atom stereocenters. The van der Waals surface area contributed by atoms with Crippen molar-refractivity contribution in [1.29, 1.82) is 0 Å². The van der Waals surface area contributed by atoms with Crippen molar-refractivity contribution in [1.82, 2.24) is 15.0 Å². The molecule has 1 N–H and O–H groups in total. The number of nitrogens with one attached hydrogen (secondary N) is 1. The second kappa shape index (κ2) is 4.52. The summed E-state index contributed by atoms with van der Waals surface area (Å²) in [7, 11) is 0.